The van der Waals surface area contributed by atoms with E-state index in [1.165, 1.54) is 7.11 Å². The molecule has 0 radical (unpaired) electrons. The number of carbonyl (C=O) groups excluding carboxylic acids is 2. The maximum atomic E-state index is 13.7. The first kappa shape index (κ1) is 26.3. The van der Waals surface area contributed by atoms with Crippen LogP contribution in [0.2, 0.25) is 5.02 Å². The highest BCUT2D eigenvalue weighted by Gasteiger charge is 2.49. The van der Waals surface area contributed by atoms with Crippen molar-refractivity contribution in [3.63, 3.8) is 0 Å². The number of halogens is 1. The Labute approximate surface area is 217 Å². The van der Waals surface area contributed by atoms with Gasteiger partial charge in [0.2, 0.25) is 0 Å². The van der Waals surface area contributed by atoms with E-state index in [0.717, 1.165) is 0 Å². The topological polar surface area (TPSA) is 93.1 Å². The summed E-state index contributed by atoms with van der Waals surface area (Å²) in [6.07, 6.45) is 1.69. The average molecular weight is 516 g/mol. The first-order valence-electron chi connectivity index (χ1n) is 12.3. The summed E-state index contributed by atoms with van der Waals surface area (Å²) in [5, 5.41) is 10.1. The Morgan fingerprint density at radius 1 is 1.03 bits per heavy atom. The quantitative estimate of drug-likeness (QED) is 0.533. The molecule has 0 fully saturated rings. The maximum Gasteiger partial charge on any atom is 0.323 e. The van der Waals surface area contributed by atoms with Crippen molar-refractivity contribution in [3.05, 3.63) is 45.3 Å². The molecule has 0 unspecified atom stereocenters. The van der Waals surface area contributed by atoms with Crippen LogP contribution in [0.3, 0.4) is 0 Å². The maximum absolute atomic E-state index is 13.7. The molecule has 36 heavy (non-hydrogen) atoms. The summed E-state index contributed by atoms with van der Waals surface area (Å²) in [5.41, 5.74) is 2.36. The van der Waals surface area contributed by atoms with E-state index in [-0.39, 0.29) is 28.9 Å². The van der Waals surface area contributed by atoms with Crippen LogP contribution in [0.15, 0.2) is 34.7 Å². The molecule has 2 aliphatic carbocycles. The second kappa shape index (κ2) is 9.25. The lowest BCUT2D eigenvalue weighted by molar-refractivity contribution is -0.138. The first-order valence-corrected chi connectivity index (χ1v) is 12.7. The van der Waals surface area contributed by atoms with Crippen LogP contribution in [0, 0.1) is 10.8 Å². The number of aliphatic carboxylic acids is 1. The van der Waals surface area contributed by atoms with E-state index < -0.39 is 11.9 Å². The Hall–Kier alpha value is -2.80. The van der Waals surface area contributed by atoms with Crippen molar-refractivity contribution in [2.24, 2.45) is 10.8 Å². The number of carboxylic acids is 1. The lowest BCUT2D eigenvalue weighted by atomic mass is 9.63. The molecule has 1 aromatic carbocycles. The molecule has 0 bridgehead atoms. The largest absolute Gasteiger partial charge is 0.491 e. The zero-order valence-corrected chi connectivity index (χ0v) is 22.5. The highest BCUT2D eigenvalue weighted by Crippen LogP contribution is 2.55. The molecule has 0 saturated heterocycles. The van der Waals surface area contributed by atoms with E-state index in [4.69, 9.17) is 21.1 Å². The number of ether oxygens (including phenoxy) is 2. The Bertz CT molecular complexity index is 1150. The number of carboxylic acid groups (broad SMARTS) is 1. The zero-order chi connectivity index (χ0) is 26.6. The number of benzene rings is 1. The van der Waals surface area contributed by atoms with Gasteiger partial charge in [-0.05, 0) is 48.3 Å². The van der Waals surface area contributed by atoms with Crippen molar-refractivity contribution in [1.29, 1.82) is 0 Å². The number of hydrogen-bond acceptors (Lipinski definition) is 6. The highest BCUT2D eigenvalue weighted by atomic mass is 35.5. The van der Waals surface area contributed by atoms with Crippen LogP contribution in [-0.2, 0) is 14.4 Å². The number of ketones is 2. The van der Waals surface area contributed by atoms with Gasteiger partial charge in [-0.2, -0.15) is 0 Å². The summed E-state index contributed by atoms with van der Waals surface area (Å²) in [6.45, 7) is 9.99. The predicted molar refractivity (Wildman–Crippen MR) is 136 cm³/mol. The third-order valence-electron chi connectivity index (χ3n) is 7.18. The molecule has 0 amide bonds. The lowest BCUT2D eigenvalue weighted by Crippen LogP contribution is -2.45. The SMILES string of the molecule is CCOc1cc(C2C3=C(CC(C)(C)CC3=O)N(CC(=O)O)C3=C2C(=O)CC(C)(C)C3)cc(Cl)c1OC. The van der Waals surface area contributed by atoms with Crippen LogP contribution < -0.4 is 9.47 Å². The number of nitrogens with zero attached hydrogens (tertiary/aromatic N) is 1. The van der Waals surface area contributed by atoms with E-state index in [0.29, 0.717) is 76.9 Å². The summed E-state index contributed by atoms with van der Waals surface area (Å²) in [7, 11) is 1.51. The van der Waals surface area contributed by atoms with Gasteiger partial charge >= 0.3 is 5.97 Å². The Morgan fingerprint density at radius 2 is 1.56 bits per heavy atom. The third kappa shape index (κ3) is 4.65. The number of hydrogen-bond donors (Lipinski definition) is 1. The van der Waals surface area contributed by atoms with Crippen molar-refractivity contribution in [2.45, 2.75) is 66.2 Å². The van der Waals surface area contributed by atoms with E-state index in [1.54, 1.807) is 17.0 Å². The third-order valence-corrected chi connectivity index (χ3v) is 7.47. The molecule has 8 heteroatoms. The monoisotopic (exact) mass is 515 g/mol. The van der Waals surface area contributed by atoms with Gasteiger partial charge in [0.05, 0.1) is 18.7 Å². The second-order valence-corrected chi connectivity index (χ2v) is 11.9. The number of rotatable bonds is 6. The molecule has 194 valence electrons. The molecule has 0 saturated carbocycles. The zero-order valence-electron chi connectivity index (χ0n) is 21.8. The fourth-order valence-corrected chi connectivity index (χ4v) is 6.22. The van der Waals surface area contributed by atoms with Gasteiger partial charge in [0.25, 0.3) is 0 Å². The van der Waals surface area contributed by atoms with Gasteiger partial charge < -0.3 is 19.5 Å². The van der Waals surface area contributed by atoms with Crippen molar-refractivity contribution in [1.82, 2.24) is 4.90 Å². The molecular weight excluding hydrogens is 482 g/mol. The summed E-state index contributed by atoms with van der Waals surface area (Å²) < 4.78 is 11.3. The first-order chi connectivity index (χ1) is 16.8. The van der Waals surface area contributed by atoms with Crippen molar-refractivity contribution >= 4 is 29.1 Å². The molecule has 1 aromatic rings. The Kier molecular flexibility index (Phi) is 6.75. The number of allylic oxidation sites excluding steroid dienone is 4. The lowest BCUT2D eigenvalue weighted by Gasteiger charge is -2.48. The summed E-state index contributed by atoms with van der Waals surface area (Å²) in [4.78, 5) is 41.2. The van der Waals surface area contributed by atoms with Crippen molar-refractivity contribution in [2.75, 3.05) is 20.3 Å². The van der Waals surface area contributed by atoms with Crippen LogP contribution in [0.1, 0.15) is 71.8 Å². The number of methoxy groups -OCH3 is 1. The number of Topliss-reactive ketones (excluding diaryl/α,β-unsaturated/α-hetero) is 2. The van der Waals surface area contributed by atoms with E-state index in [2.05, 4.69) is 0 Å². The Balaban J connectivity index is 2.04. The Morgan fingerprint density at radius 3 is 2.00 bits per heavy atom. The van der Waals surface area contributed by atoms with Gasteiger partial charge in [-0.15, -0.1) is 0 Å². The van der Waals surface area contributed by atoms with E-state index in [1.807, 2.05) is 34.6 Å². The molecule has 0 spiro atoms. The van der Waals surface area contributed by atoms with E-state index in [9.17, 15) is 19.5 Å². The normalized spacial score (nSPS) is 21.4. The minimum absolute atomic E-state index is 0.0734. The smallest absolute Gasteiger partial charge is 0.323 e. The minimum Gasteiger partial charge on any atom is -0.491 e. The van der Waals surface area contributed by atoms with E-state index >= 15 is 0 Å². The molecule has 1 aliphatic heterocycles. The summed E-state index contributed by atoms with van der Waals surface area (Å²) in [6, 6.07) is 3.52. The van der Waals surface area contributed by atoms with Gasteiger partial charge in [-0.3, -0.25) is 14.4 Å². The van der Waals surface area contributed by atoms with Crippen LogP contribution in [0.5, 0.6) is 11.5 Å². The molecule has 0 atom stereocenters. The van der Waals surface area contributed by atoms with Crippen molar-refractivity contribution in [3.8, 4) is 11.5 Å². The van der Waals surface area contributed by atoms with Gasteiger partial charge in [-0.25, -0.2) is 0 Å². The predicted octanol–water partition coefficient (Wildman–Crippen LogP) is 5.52. The van der Waals surface area contributed by atoms with Gasteiger partial charge in [0.1, 0.15) is 6.54 Å². The van der Waals surface area contributed by atoms with Crippen LogP contribution >= 0.6 is 11.6 Å². The van der Waals surface area contributed by atoms with Crippen molar-refractivity contribution < 1.29 is 29.0 Å². The molecule has 1 N–H and O–H groups in total. The standard InChI is InChI=1S/C28H34ClNO6/c1-7-36-21-9-15(8-16(29)26(21)35-6)23-24-17(10-27(2,3)12-19(24)31)30(14-22(33)34)18-11-28(4,5)13-20(32)25(18)23/h8-9,23H,7,10-14H2,1-6H3,(H,33,34). The van der Waals surface area contributed by atoms with Gasteiger partial charge in [-0.1, -0.05) is 39.3 Å². The van der Waals surface area contributed by atoms with Gasteiger partial charge in [0, 0.05) is 41.3 Å². The van der Waals surface area contributed by atoms with Crippen LogP contribution in [0.4, 0.5) is 0 Å². The molecule has 7 nitrogen and oxygen atoms in total. The number of carbonyl (C=O) groups is 3. The summed E-state index contributed by atoms with van der Waals surface area (Å²) >= 11 is 6.61. The van der Waals surface area contributed by atoms with Crippen LogP contribution in [0.25, 0.3) is 0 Å². The highest BCUT2D eigenvalue weighted by molar-refractivity contribution is 6.32. The molecule has 3 aliphatic rings. The molecule has 1 heterocycles. The fraction of sp³-hybridized carbons (Fsp3) is 0.536. The fourth-order valence-electron chi connectivity index (χ4n) is 5.92. The average Bonchev–Trinajstić information content (AvgIpc) is 2.73. The molecule has 0 aromatic heterocycles. The molecule has 4 rings (SSSR count). The minimum atomic E-state index is -1.01. The van der Waals surface area contributed by atoms with Gasteiger partial charge in [0.15, 0.2) is 23.1 Å². The second-order valence-electron chi connectivity index (χ2n) is 11.5. The summed E-state index contributed by atoms with van der Waals surface area (Å²) in [5.74, 6) is -0.973. The molecular formula is C28H34ClNO6. The van der Waals surface area contributed by atoms with Crippen LogP contribution in [-0.4, -0.2) is 47.8 Å².